The zero-order chi connectivity index (χ0) is 26.6. The second-order valence-corrected chi connectivity index (χ2v) is 10.5. The summed E-state index contributed by atoms with van der Waals surface area (Å²) >= 11 is 5.90. The maximum Gasteiger partial charge on any atom is 0.326 e. The zero-order valence-electron chi connectivity index (χ0n) is 20.2. The number of esters is 1. The van der Waals surface area contributed by atoms with Crippen LogP contribution in [0.15, 0.2) is 77.7 Å². The number of halogens is 1. The van der Waals surface area contributed by atoms with Gasteiger partial charge in [0.05, 0.1) is 18.6 Å². The fourth-order valence-electron chi connectivity index (χ4n) is 4.02. The number of ether oxygens (including phenoxy) is 3. The van der Waals surface area contributed by atoms with Crippen molar-refractivity contribution in [2.45, 2.75) is 17.5 Å². The van der Waals surface area contributed by atoms with Gasteiger partial charge in [0, 0.05) is 24.4 Å². The summed E-state index contributed by atoms with van der Waals surface area (Å²) in [6, 6.07) is 18.2. The summed E-state index contributed by atoms with van der Waals surface area (Å²) in [5, 5.41) is 0.565. The van der Waals surface area contributed by atoms with Crippen molar-refractivity contribution < 1.29 is 32.2 Å². The van der Waals surface area contributed by atoms with Gasteiger partial charge in [0.25, 0.3) is 5.91 Å². The SMILES string of the molecule is COCC(=O)N1CC(C(=O)OC)N(S(=O)(=O)c2ccc(Oc3ccc(Cl)cc3)cc2)Cc2ccccc21. The molecule has 1 atom stereocenters. The van der Waals surface area contributed by atoms with E-state index in [1.807, 2.05) is 0 Å². The van der Waals surface area contributed by atoms with Gasteiger partial charge < -0.3 is 19.1 Å². The van der Waals surface area contributed by atoms with Crippen molar-refractivity contribution in [2.24, 2.45) is 0 Å². The Hall–Kier alpha value is -3.44. The third-order valence-electron chi connectivity index (χ3n) is 5.83. The lowest BCUT2D eigenvalue weighted by Gasteiger charge is -2.29. The van der Waals surface area contributed by atoms with Gasteiger partial charge in [0.15, 0.2) is 0 Å². The zero-order valence-corrected chi connectivity index (χ0v) is 21.7. The van der Waals surface area contributed by atoms with Crippen molar-refractivity contribution in [1.29, 1.82) is 0 Å². The molecule has 1 aliphatic heterocycles. The number of sulfonamides is 1. The van der Waals surface area contributed by atoms with E-state index in [0.717, 1.165) is 4.31 Å². The highest BCUT2D eigenvalue weighted by Crippen LogP contribution is 2.32. The van der Waals surface area contributed by atoms with E-state index in [0.29, 0.717) is 27.8 Å². The van der Waals surface area contributed by atoms with Crippen molar-refractivity contribution in [3.05, 3.63) is 83.4 Å². The molecular formula is C26H25ClN2O7S. The molecule has 0 bridgehead atoms. The van der Waals surface area contributed by atoms with Crippen LogP contribution in [-0.4, -0.2) is 58.0 Å². The van der Waals surface area contributed by atoms with E-state index in [1.54, 1.807) is 48.5 Å². The fourth-order valence-corrected chi connectivity index (χ4v) is 5.69. The largest absolute Gasteiger partial charge is 0.468 e. The molecule has 0 radical (unpaired) electrons. The fraction of sp³-hybridized carbons (Fsp3) is 0.231. The van der Waals surface area contributed by atoms with Gasteiger partial charge in [-0.25, -0.2) is 8.42 Å². The first kappa shape index (κ1) is 26.6. The Bertz CT molecular complexity index is 1380. The van der Waals surface area contributed by atoms with E-state index in [2.05, 4.69) is 0 Å². The van der Waals surface area contributed by atoms with Gasteiger partial charge in [0.2, 0.25) is 10.0 Å². The molecule has 0 aliphatic carbocycles. The highest BCUT2D eigenvalue weighted by molar-refractivity contribution is 7.89. The molecular weight excluding hydrogens is 520 g/mol. The number of methoxy groups -OCH3 is 2. The summed E-state index contributed by atoms with van der Waals surface area (Å²) in [4.78, 5) is 27.0. The van der Waals surface area contributed by atoms with Gasteiger partial charge in [-0.1, -0.05) is 29.8 Å². The summed E-state index contributed by atoms with van der Waals surface area (Å²) in [5.41, 5.74) is 1.06. The van der Waals surface area contributed by atoms with Crippen LogP contribution < -0.4 is 9.64 Å². The molecule has 3 aromatic rings. The van der Waals surface area contributed by atoms with E-state index < -0.39 is 27.9 Å². The predicted octanol–water partition coefficient (Wildman–Crippen LogP) is 3.86. The molecule has 0 N–H and O–H groups in total. The Morgan fingerprint density at radius 2 is 1.57 bits per heavy atom. The number of rotatable bonds is 7. The molecule has 0 saturated heterocycles. The molecule has 1 aliphatic rings. The van der Waals surface area contributed by atoms with Crippen LogP contribution in [0.1, 0.15) is 5.56 Å². The minimum Gasteiger partial charge on any atom is -0.468 e. The van der Waals surface area contributed by atoms with Crippen LogP contribution in [0.3, 0.4) is 0 Å². The number of para-hydroxylation sites is 1. The highest BCUT2D eigenvalue weighted by atomic mass is 35.5. The molecule has 0 aromatic heterocycles. The smallest absolute Gasteiger partial charge is 0.326 e. The van der Waals surface area contributed by atoms with Crippen molar-refractivity contribution in [1.82, 2.24) is 4.31 Å². The molecule has 0 spiro atoms. The Kier molecular flexibility index (Phi) is 8.13. The molecule has 1 unspecified atom stereocenters. The first-order valence-corrected chi connectivity index (χ1v) is 13.1. The minimum atomic E-state index is -4.20. The van der Waals surface area contributed by atoms with Crippen LogP contribution in [0.5, 0.6) is 11.5 Å². The second kappa shape index (κ2) is 11.3. The lowest BCUT2D eigenvalue weighted by molar-refractivity contribution is -0.145. The van der Waals surface area contributed by atoms with E-state index >= 15 is 0 Å². The summed E-state index contributed by atoms with van der Waals surface area (Å²) in [6.45, 7) is -0.606. The highest BCUT2D eigenvalue weighted by Gasteiger charge is 2.42. The Balaban J connectivity index is 1.69. The monoisotopic (exact) mass is 544 g/mol. The van der Waals surface area contributed by atoms with E-state index in [1.165, 1.54) is 43.4 Å². The summed E-state index contributed by atoms with van der Waals surface area (Å²) in [7, 11) is -1.64. The number of amides is 1. The summed E-state index contributed by atoms with van der Waals surface area (Å²) in [6.07, 6.45) is 0. The number of anilines is 1. The number of benzene rings is 3. The molecule has 1 heterocycles. The van der Waals surface area contributed by atoms with Gasteiger partial charge in [0.1, 0.15) is 24.1 Å². The van der Waals surface area contributed by atoms with Gasteiger partial charge in [-0.3, -0.25) is 9.59 Å². The summed E-state index contributed by atoms with van der Waals surface area (Å²) < 4.78 is 44.4. The van der Waals surface area contributed by atoms with Crippen LogP contribution in [0.2, 0.25) is 5.02 Å². The van der Waals surface area contributed by atoms with Crippen molar-refractivity contribution in [3.63, 3.8) is 0 Å². The maximum atomic E-state index is 13.8. The normalized spacial score (nSPS) is 16.0. The van der Waals surface area contributed by atoms with Gasteiger partial charge in [-0.2, -0.15) is 4.31 Å². The number of hydrogen-bond acceptors (Lipinski definition) is 7. The lowest BCUT2D eigenvalue weighted by Crippen LogP contribution is -2.51. The van der Waals surface area contributed by atoms with Crippen LogP contribution >= 0.6 is 11.6 Å². The number of carbonyl (C=O) groups is 2. The van der Waals surface area contributed by atoms with Crippen molar-refractivity contribution in [2.75, 3.05) is 32.3 Å². The second-order valence-electron chi connectivity index (χ2n) is 8.18. The van der Waals surface area contributed by atoms with E-state index in [9.17, 15) is 18.0 Å². The molecule has 1 amide bonds. The summed E-state index contributed by atoms with van der Waals surface area (Å²) in [5.74, 6) is -0.236. The van der Waals surface area contributed by atoms with Crippen molar-refractivity contribution >= 4 is 39.2 Å². The van der Waals surface area contributed by atoms with Crippen LogP contribution in [0, 0.1) is 0 Å². The molecule has 194 valence electrons. The Morgan fingerprint density at radius 1 is 0.946 bits per heavy atom. The molecule has 4 rings (SSSR count). The minimum absolute atomic E-state index is 0.0426. The van der Waals surface area contributed by atoms with Crippen LogP contribution in [0.25, 0.3) is 0 Å². The maximum absolute atomic E-state index is 13.8. The topological polar surface area (TPSA) is 102 Å². The first-order valence-electron chi connectivity index (χ1n) is 11.2. The quantitative estimate of drug-likeness (QED) is 0.416. The average Bonchev–Trinajstić information content (AvgIpc) is 3.08. The van der Waals surface area contributed by atoms with E-state index in [4.69, 9.17) is 25.8 Å². The number of hydrogen-bond donors (Lipinski definition) is 0. The van der Waals surface area contributed by atoms with Gasteiger partial charge >= 0.3 is 5.97 Å². The van der Waals surface area contributed by atoms with Crippen LogP contribution in [0.4, 0.5) is 5.69 Å². The first-order chi connectivity index (χ1) is 17.7. The number of fused-ring (bicyclic) bond motifs is 1. The van der Waals surface area contributed by atoms with Crippen molar-refractivity contribution in [3.8, 4) is 11.5 Å². The predicted molar refractivity (Wildman–Crippen MR) is 137 cm³/mol. The van der Waals surface area contributed by atoms with Gasteiger partial charge in [-0.05, 0) is 60.2 Å². The third-order valence-corrected chi connectivity index (χ3v) is 7.95. The van der Waals surface area contributed by atoms with Crippen LogP contribution in [-0.2, 0) is 35.6 Å². The third kappa shape index (κ3) is 5.78. The number of carbonyl (C=O) groups excluding carboxylic acids is 2. The molecule has 11 heteroatoms. The molecule has 37 heavy (non-hydrogen) atoms. The van der Waals surface area contributed by atoms with Gasteiger partial charge in [-0.15, -0.1) is 0 Å². The average molecular weight is 545 g/mol. The molecule has 9 nitrogen and oxygen atoms in total. The number of nitrogens with zero attached hydrogens (tertiary/aromatic N) is 2. The Labute approximate surface area is 220 Å². The molecule has 3 aromatic carbocycles. The lowest BCUT2D eigenvalue weighted by atomic mass is 10.1. The Morgan fingerprint density at radius 3 is 2.19 bits per heavy atom. The standard InChI is InChI=1S/C26H25ClN2O7S/c1-34-17-25(30)28-16-24(26(31)35-2)29(15-18-5-3-4-6-23(18)28)37(32,33)22-13-11-21(12-14-22)36-20-9-7-19(27)8-10-20/h3-14,24H,15-17H2,1-2H3. The molecule has 0 saturated carbocycles. The van der Waals surface area contributed by atoms with E-state index in [-0.39, 0.29) is 24.6 Å². The molecule has 0 fully saturated rings.